The molecule has 0 radical (unpaired) electrons. The van der Waals surface area contributed by atoms with Crippen molar-refractivity contribution >= 4 is 23.9 Å². The lowest BCUT2D eigenvalue weighted by molar-refractivity contribution is -0.156. The fourth-order valence-electron chi connectivity index (χ4n) is 1.31. The molecule has 0 aromatic heterocycles. The van der Waals surface area contributed by atoms with Crippen molar-refractivity contribution in [2.45, 2.75) is 12.2 Å². The molecule has 2 N–H and O–H groups in total. The van der Waals surface area contributed by atoms with Crippen LogP contribution in [0.5, 0.6) is 0 Å². The number of carbonyl (C=O) groups excluding carboxylic acids is 2. The summed E-state index contributed by atoms with van der Waals surface area (Å²) in [6.07, 6.45) is -2.68. The normalized spacial score (nSPS) is 13.9. The molecule has 0 aliphatic rings. The lowest BCUT2D eigenvalue weighted by Crippen LogP contribution is -2.29. The van der Waals surface area contributed by atoms with E-state index in [0.29, 0.717) is 6.29 Å². The third kappa shape index (κ3) is 3.26. The predicted molar refractivity (Wildman–Crippen MR) is 59.8 cm³/mol. The van der Waals surface area contributed by atoms with E-state index in [4.69, 9.17) is 11.6 Å². The summed E-state index contributed by atoms with van der Waals surface area (Å²) in [6, 6.07) is 4.08. The zero-order chi connectivity index (χ0) is 13.0. The number of carbonyl (C=O) groups is 2. The lowest BCUT2D eigenvalue weighted by atomic mass is 10.0. The van der Waals surface area contributed by atoms with Gasteiger partial charge in [-0.25, -0.2) is 4.79 Å². The van der Waals surface area contributed by atoms with Crippen LogP contribution in [0, 0.1) is 0 Å². The van der Waals surface area contributed by atoms with Gasteiger partial charge < -0.3 is 14.9 Å². The van der Waals surface area contributed by atoms with Crippen LogP contribution < -0.4 is 0 Å². The Bertz CT molecular complexity index is 432. The first-order valence-electron chi connectivity index (χ1n) is 4.69. The van der Waals surface area contributed by atoms with Crippen molar-refractivity contribution in [3.8, 4) is 0 Å². The highest BCUT2D eigenvalue weighted by molar-refractivity contribution is 6.30. The molecular weight excluding hydrogens is 248 g/mol. The number of benzene rings is 1. The Morgan fingerprint density at radius 2 is 2.06 bits per heavy atom. The molecule has 0 aliphatic heterocycles. The maximum Gasteiger partial charge on any atom is 0.337 e. The highest BCUT2D eigenvalue weighted by Gasteiger charge is 2.26. The molecule has 6 heteroatoms. The summed E-state index contributed by atoms with van der Waals surface area (Å²) in [5, 5.41) is 19.4. The van der Waals surface area contributed by atoms with Gasteiger partial charge in [-0.2, -0.15) is 0 Å². The van der Waals surface area contributed by atoms with Crippen LogP contribution in [0.3, 0.4) is 0 Å². The first kappa shape index (κ1) is 13.6. The highest BCUT2D eigenvalue weighted by atomic mass is 35.5. The quantitative estimate of drug-likeness (QED) is 0.614. The SMILES string of the molecule is COC(=O)C(O)C(O)c1cc(Cl)cc(C=O)c1. The molecule has 0 saturated heterocycles. The average Bonchev–Trinajstić information content (AvgIpc) is 2.35. The van der Waals surface area contributed by atoms with Gasteiger partial charge in [0.25, 0.3) is 0 Å². The number of ether oxygens (including phenoxy) is 1. The Kier molecular flexibility index (Phi) is 4.62. The summed E-state index contributed by atoms with van der Waals surface area (Å²) < 4.78 is 4.29. The van der Waals surface area contributed by atoms with Gasteiger partial charge in [-0.15, -0.1) is 0 Å². The fraction of sp³-hybridized carbons (Fsp3) is 0.273. The summed E-state index contributed by atoms with van der Waals surface area (Å²) in [5.74, 6) is -0.967. The van der Waals surface area contributed by atoms with E-state index >= 15 is 0 Å². The van der Waals surface area contributed by atoms with Gasteiger partial charge in [-0.1, -0.05) is 11.6 Å². The molecule has 0 aliphatic carbocycles. The van der Waals surface area contributed by atoms with Crippen molar-refractivity contribution in [2.75, 3.05) is 7.11 Å². The van der Waals surface area contributed by atoms with Gasteiger partial charge in [0.15, 0.2) is 6.10 Å². The number of esters is 1. The average molecular weight is 259 g/mol. The van der Waals surface area contributed by atoms with Crippen molar-refractivity contribution in [1.29, 1.82) is 0 Å². The molecule has 17 heavy (non-hydrogen) atoms. The largest absolute Gasteiger partial charge is 0.467 e. The smallest absolute Gasteiger partial charge is 0.337 e. The van der Waals surface area contributed by atoms with Crippen LogP contribution >= 0.6 is 11.6 Å². The molecule has 5 nitrogen and oxygen atoms in total. The summed E-state index contributed by atoms with van der Waals surface area (Å²) >= 11 is 5.72. The summed E-state index contributed by atoms with van der Waals surface area (Å²) in [7, 11) is 1.09. The van der Waals surface area contributed by atoms with E-state index in [1.54, 1.807) is 0 Å². The van der Waals surface area contributed by atoms with E-state index < -0.39 is 18.2 Å². The maximum absolute atomic E-state index is 11.0. The monoisotopic (exact) mass is 258 g/mol. The number of aliphatic hydroxyl groups excluding tert-OH is 2. The van der Waals surface area contributed by atoms with Crippen LogP contribution in [0.2, 0.25) is 5.02 Å². The molecule has 1 aromatic carbocycles. The van der Waals surface area contributed by atoms with Crippen LogP contribution in [0.1, 0.15) is 22.0 Å². The predicted octanol–water partition coefficient (Wildman–Crippen LogP) is 0.720. The van der Waals surface area contributed by atoms with Gasteiger partial charge in [0, 0.05) is 10.6 Å². The van der Waals surface area contributed by atoms with Crippen LogP contribution in [0.15, 0.2) is 18.2 Å². The van der Waals surface area contributed by atoms with E-state index in [-0.39, 0.29) is 16.1 Å². The molecule has 0 spiro atoms. The summed E-state index contributed by atoms with van der Waals surface area (Å²) in [6.45, 7) is 0. The zero-order valence-corrected chi connectivity index (χ0v) is 9.72. The Balaban J connectivity index is 3.03. The molecule has 0 heterocycles. The maximum atomic E-state index is 11.0. The van der Waals surface area contributed by atoms with Crippen molar-refractivity contribution < 1.29 is 24.5 Å². The molecule has 2 unspecified atom stereocenters. The number of rotatable bonds is 4. The second kappa shape index (κ2) is 5.77. The van der Waals surface area contributed by atoms with Crippen LogP contribution in [-0.2, 0) is 9.53 Å². The van der Waals surface area contributed by atoms with Gasteiger partial charge >= 0.3 is 5.97 Å². The molecule has 92 valence electrons. The third-order valence-electron chi connectivity index (χ3n) is 2.16. The minimum atomic E-state index is -1.72. The molecular formula is C11H11ClO5. The van der Waals surface area contributed by atoms with Crippen LogP contribution in [-0.4, -0.2) is 35.7 Å². The van der Waals surface area contributed by atoms with Crippen LogP contribution in [0.25, 0.3) is 0 Å². The molecule has 0 amide bonds. The summed E-state index contributed by atoms with van der Waals surface area (Å²) in [5.41, 5.74) is 0.404. The topological polar surface area (TPSA) is 83.8 Å². The van der Waals surface area contributed by atoms with Gasteiger partial charge in [-0.05, 0) is 23.8 Å². The minimum absolute atomic E-state index is 0.164. The lowest BCUT2D eigenvalue weighted by Gasteiger charge is -2.16. The Hall–Kier alpha value is -1.43. The van der Waals surface area contributed by atoms with E-state index in [1.165, 1.54) is 18.2 Å². The molecule has 0 fully saturated rings. The number of hydrogen-bond donors (Lipinski definition) is 2. The van der Waals surface area contributed by atoms with E-state index in [1.807, 2.05) is 0 Å². The molecule has 0 saturated carbocycles. The molecule has 1 aromatic rings. The molecule has 0 bridgehead atoms. The minimum Gasteiger partial charge on any atom is -0.467 e. The van der Waals surface area contributed by atoms with Crippen molar-refractivity contribution in [3.63, 3.8) is 0 Å². The van der Waals surface area contributed by atoms with Crippen LogP contribution in [0.4, 0.5) is 0 Å². The summed E-state index contributed by atoms with van der Waals surface area (Å²) in [4.78, 5) is 21.6. The van der Waals surface area contributed by atoms with E-state index in [2.05, 4.69) is 4.74 Å². The third-order valence-corrected chi connectivity index (χ3v) is 2.38. The Morgan fingerprint density at radius 3 is 2.59 bits per heavy atom. The molecule has 2 atom stereocenters. The first-order valence-corrected chi connectivity index (χ1v) is 5.07. The van der Waals surface area contributed by atoms with E-state index in [0.717, 1.165) is 7.11 Å². The van der Waals surface area contributed by atoms with Gasteiger partial charge in [0.05, 0.1) is 7.11 Å². The first-order chi connectivity index (χ1) is 7.99. The second-order valence-electron chi connectivity index (χ2n) is 3.35. The fourth-order valence-corrected chi connectivity index (χ4v) is 1.56. The van der Waals surface area contributed by atoms with Gasteiger partial charge in [-0.3, -0.25) is 4.79 Å². The number of hydrogen-bond acceptors (Lipinski definition) is 5. The van der Waals surface area contributed by atoms with E-state index in [9.17, 15) is 19.8 Å². The highest BCUT2D eigenvalue weighted by Crippen LogP contribution is 2.22. The standard InChI is InChI=1S/C11H11ClO5/c1-17-11(16)10(15)9(14)7-2-6(5-13)3-8(12)4-7/h2-5,9-10,14-15H,1H3. The zero-order valence-electron chi connectivity index (χ0n) is 8.96. The molecule has 1 rings (SSSR count). The van der Waals surface area contributed by atoms with Crippen molar-refractivity contribution in [1.82, 2.24) is 0 Å². The van der Waals surface area contributed by atoms with Gasteiger partial charge in [0.2, 0.25) is 0 Å². The van der Waals surface area contributed by atoms with Crippen molar-refractivity contribution in [2.24, 2.45) is 0 Å². The number of halogens is 1. The van der Waals surface area contributed by atoms with Gasteiger partial charge in [0.1, 0.15) is 12.4 Å². The number of aliphatic hydroxyl groups is 2. The number of aldehydes is 1. The van der Waals surface area contributed by atoms with Crippen molar-refractivity contribution in [3.05, 3.63) is 34.3 Å². The number of methoxy groups -OCH3 is 1. The Morgan fingerprint density at radius 1 is 1.41 bits per heavy atom. The second-order valence-corrected chi connectivity index (χ2v) is 3.79. The Labute approximate surface area is 103 Å².